The van der Waals surface area contributed by atoms with Gasteiger partial charge in [-0.25, -0.2) is 4.79 Å². The Hall–Kier alpha value is -1.79. The topological polar surface area (TPSA) is 46.6 Å². The molecule has 2 heterocycles. The van der Waals surface area contributed by atoms with E-state index in [-0.39, 0.29) is 12.5 Å². The molecule has 1 aliphatic rings. The van der Waals surface area contributed by atoms with Gasteiger partial charge in [-0.05, 0) is 37.6 Å². The average molecular weight is 361 g/mol. The highest BCUT2D eigenvalue weighted by Gasteiger charge is 2.25. The number of carbonyl (C=O) groups is 2. The summed E-state index contributed by atoms with van der Waals surface area (Å²) in [5.41, 5.74) is 0.903. The van der Waals surface area contributed by atoms with Gasteiger partial charge in [0, 0.05) is 21.6 Å². The van der Waals surface area contributed by atoms with Crippen molar-refractivity contribution in [3.8, 4) is 0 Å². The van der Waals surface area contributed by atoms with Crippen molar-refractivity contribution in [2.24, 2.45) is 0 Å². The Morgan fingerprint density at radius 3 is 2.79 bits per heavy atom. The van der Waals surface area contributed by atoms with E-state index in [1.54, 1.807) is 22.7 Å². The Bertz CT molecular complexity index is 756. The van der Waals surface area contributed by atoms with E-state index in [1.165, 1.54) is 11.3 Å². The number of hydrogen-bond acceptors (Lipinski definition) is 5. The predicted octanol–water partition coefficient (Wildman–Crippen LogP) is 4.13. The molecule has 2 aromatic rings. The Balaban J connectivity index is 1.69. The van der Waals surface area contributed by atoms with Crippen LogP contribution in [0.2, 0.25) is 0 Å². The van der Waals surface area contributed by atoms with Gasteiger partial charge in [-0.2, -0.15) is 0 Å². The van der Waals surface area contributed by atoms with Crippen LogP contribution in [0.25, 0.3) is 0 Å². The summed E-state index contributed by atoms with van der Waals surface area (Å²) in [4.78, 5) is 29.0. The SMILES string of the molecule is Cc1ccc(C(=O)OCC(=O)N2CC[C@H](C)Sc3ccccc32)s1. The summed E-state index contributed by atoms with van der Waals surface area (Å²) in [5.74, 6) is -0.619. The molecular formula is C18H19NO3S2. The second-order valence-corrected chi connectivity index (χ2v) is 8.48. The van der Waals surface area contributed by atoms with Crippen LogP contribution >= 0.6 is 23.1 Å². The van der Waals surface area contributed by atoms with E-state index in [4.69, 9.17) is 4.74 Å². The summed E-state index contributed by atoms with van der Waals surface area (Å²) in [5, 5.41) is 0.445. The molecule has 0 saturated heterocycles. The molecule has 0 spiro atoms. The molecule has 0 aliphatic carbocycles. The number of benzene rings is 1. The van der Waals surface area contributed by atoms with Gasteiger partial charge in [-0.1, -0.05) is 19.1 Å². The van der Waals surface area contributed by atoms with Crippen LogP contribution in [0.5, 0.6) is 0 Å². The largest absolute Gasteiger partial charge is 0.451 e. The molecule has 1 amide bonds. The van der Waals surface area contributed by atoms with Gasteiger partial charge in [0.1, 0.15) is 4.88 Å². The minimum atomic E-state index is -0.438. The van der Waals surface area contributed by atoms with Crippen LogP contribution in [-0.2, 0) is 9.53 Å². The van der Waals surface area contributed by atoms with E-state index in [0.717, 1.165) is 21.9 Å². The first kappa shape index (κ1) is 17.0. The molecule has 0 unspecified atom stereocenters. The number of para-hydroxylation sites is 1. The second kappa shape index (κ2) is 7.40. The molecule has 126 valence electrons. The molecule has 4 nitrogen and oxygen atoms in total. The number of anilines is 1. The summed E-state index contributed by atoms with van der Waals surface area (Å²) in [6.07, 6.45) is 0.906. The summed E-state index contributed by atoms with van der Waals surface area (Å²) in [7, 11) is 0. The normalized spacial score (nSPS) is 17.1. The number of thiophene rings is 1. The van der Waals surface area contributed by atoms with Gasteiger partial charge < -0.3 is 9.64 Å². The average Bonchev–Trinajstić information content (AvgIpc) is 2.92. The van der Waals surface area contributed by atoms with E-state index in [0.29, 0.717) is 16.7 Å². The maximum atomic E-state index is 12.6. The van der Waals surface area contributed by atoms with Gasteiger partial charge in [0.05, 0.1) is 5.69 Å². The lowest BCUT2D eigenvalue weighted by Crippen LogP contribution is -2.35. The van der Waals surface area contributed by atoms with Crippen LogP contribution in [0.3, 0.4) is 0 Å². The van der Waals surface area contributed by atoms with Crippen LogP contribution in [0.1, 0.15) is 27.9 Å². The summed E-state index contributed by atoms with van der Waals surface area (Å²) in [6.45, 7) is 4.50. The number of ether oxygens (including phenoxy) is 1. The summed E-state index contributed by atoms with van der Waals surface area (Å²) in [6, 6.07) is 11.5. The van der Waals surface area contributed by atoms with Crippen molar-refractivity contribution >= 4 is 40.7 Å². The van der Waals surface area contributed by atoms with Crippen molar-refractivity contribution in [2.75, 3.05) is 18.1 Å². The lowest BCUT2D eigenvalue weighted by atomic mass is 10.2. The first-order chi connectivity index (χ1) is 11.5. The van der Waals surface area contributed by atoms with Crippen LogP contribution in [0.15, 0.2) is 41.3 Å². The van der Waals surface area contributed by atoms with Gasteiger partial charge >= 0.3 is 5.97 Å². The zero-order valence-corrected chi connectivity index (χ0v) is 15.3. The fourth-order valence-corrected chi connectivity index (χ4v) is 4.44. The molecule has 1 aliphatic heterocycles. The number of fused-ring (bicyclic) bond motifs is 1. The van der Waals surface area contributed by atoms with Crippen molar-refractivity contribution in [1.29, 1.82) is 0 Å². The van der Waals surface area contributed by atoms with Crippen LogP contribution in [-0.4, -0.2) is 30.3 Å². The van der Waals surface area contributed by atoms with E-state index in [1.807, 2.05) is 37.3 Å². The van der Waals surface area contributed by atoms with E-state index in [2.05, 4.69) is 6.92 Å². The first-order valence-electron chi connectivity index (χ1n) is 7.84. The molecule has 0 fully saturated rings. The number of nitrogens with zero attached hydrogens (tertiary/aromatic N) is 1. The van der Waals surface area contributed by atoms with Gasteiger partial charge in [0.25, 0.3) is 5.91 Å². The number of aryl methyl sites for hydroxylation is 1. The van der Waals surface area contributed by atoms with Crippen molar-refractivity contribution in [3.63, 3.8) is 0 Å². The monoisotopic (exact) mass is 361 g/mol. The van der Waals surface area contributed by atoms with Crippen molar-refractivity contribution < 1.29 is 14.3 Å². The van der Waals surface area contributed by atoms with Crippen LogP contribution < -0.4 is 4.90 Å². The lowest BCUT2D eigenvalue weighted by molar-refractivity contribution is -0.121. The third-order valence-electron chi connectivity index (χ3n) is 3.81. The third kappa shape index (κ3) is 3.82. The zero-order chi connectivity index (χ0) is 17.1. The molecule has 0 bridgehead atoms. The van der Waals surface area contributed by atoms with Crippen molar-refractivity contribution in [2.45, 2.75) is 30.4 Å². The second-order valence-electron chi connectivity index (χ2n) is 5.72. The number of amides is 1. The third-order valence-corrected chi connectivity index (χ3v) is 6.03. The summed E-state index contributed by atoms with van der Waals surface area (Å²) < 4.78 is 5.21. The van der Waals surface area contributed by atoms with Gasteiger partial charge in [0.15, 0.2) is 6.61 Å². The highest BCUT2D eigenvalue weighted by Crippen LogP contribution is 2.37. The smallest absolute Gasteiger partial charge is 0.348 e. The molecule has 24 heavy (non-hydrogen) atoms. The number of rotatable bonds is 3. The maximum Gasteiger partial charge on any atom is 0.348 e. The lowest BCUT2D eigenvalue weighted by Gasteiger charge is -2.22. The van der Waals surface area contributed by atoms with E-state index >= 15 is 0 Å². The molecule has 6 heteroatoms. The molecule has 3 rings (SSSR count). The summed E-state index contributed by atoms with van der Waals surface area (Å²) >= 11 is 3.15. The number of esters is 1. The molecule has 0 N–H and O–H groups in total. The van der Waals surface area contributed by atoms with Crippen LogP contribution in [0.4, 0.5) is 5.69 Å². The van der Waals surface area contributed by atoms with E-state index < -0.39 is 5.97 Å². The quantitative estimate of drug-likeness (QED) is 0.771. The molecular weight excluding hydrogens is 342 g/mol. The van der Waals surface area contributed by atoms with E-state index in [9.17, 15) is 9.59 Å². The number of hydrogen-bond donors (Lipinski definition) is 0. The fraction of sp³-hybridized carbons (Fsp3) is 0.333. The molecule has 1 aromatic heterocycles. The number of thioether (sulfide) groups is 1. The Kier molecular flexibility index (Phi) is 5.26. The van der Waals surface area contributed by atoms with Gasteiger partial charge in [-0.3, -0.25) is 4.79 Å². The Morgan fingerprint density at radius 2 is 2.04 bits per heavy atom. The number of carbonyl (C=O) groups excluding carboxylic acids is 2. The Labute approximate surface area is 149 Å². The van der Waals surface area contributed by atoms with Crippen molar-refractivity contribution in [1.82, 2.24) is 0 Å². The predicted molar refractivity (Wildman–Crippen MR) is 98.1 cm³/mol. The highest BCUT2D eigenvalue weighted by atomic mass is 32.2. The molecule has 0 radical (unpaired) electrons. The fourth-order valence-electron chi connectivity index (χ4n) is 2.57. The first-order valence-corrected chi connectivity index (χ1v) is 9.54. The minimum absolute atomic E-state index is 0.182. The minimum Gasteiger partial charge on any atom is -0.451 e. The highest BCUT2D eigenvalue weighted by molar-refractivity contribution is 8.00. The maximum absolute atomic E-state index is 12.6. The van der Waals surface area contributed by atoms with Crippen molar-refractivity contribution in [3.05, 3.63) is 46.2 Å². The Morgan fingerprint density at radius 1 is 1.25 bits per heavy atom. The molecule has 1 aromatic carbocycles. The van der Waals surface area contributed by atoms with Gasteiger partial charge in [0.2, 0.25) is 0 Å². The van der Waals surface area contributed by atoms with Gasteiger partial charge in [-0.15, -0.1) is 23.1 Å². The molecule has 0 saturated carbocycles. The van der Waals surface area contributed by atoms with Crippen LogP contribution in [0, 0.1) is 6.92 Å². The standard InChI is InChI=1S/C18H19NO3S2/c1-12-7-8-16(24-12)18(21)22-11-17(20)19-10-9-13(2)23-15-6-4-3-5-14(15)19/h3-8,13H,9-11H2,1-2H3/t13-/m0/s1. The molecule has 1 atom stereocenters. The zero-order valence-electron chi connectivity index (χ0n) is 13.7.